The van der Waals surface area contributed by atoms with Crippen molar-refractivity contribution < 1.29 is 9.53 Å². The molecule has 0 aromatic heterocycles. The van der Waals surface area contributed by atoms with Crippen LogP contribution in [-0.4, -0.2) is 75.8 Å². The molecule has 0 unspecified atom stereocenters. The van der Waals surface area contributed by atoms with E-state index in [1.54, 1.807) is 0 Å². The van der Waals surface area contributed by atoms with Gasteiger partial charge in [0.2, 0.25) is 5.91 Å². The molecule has 2 fully saturated rings. The molecule has 3 N–H and O–H groups in total. The molecule has 132 valence electrons. The second-order valence-electron chi connectivity index (χ2n) is 6.06. The van der Waals surface area contributed by atoms with Crippen molar-refractivity contribution in [2.45, 2.75) is 26.2 Å². The van der Waals surface area contributed by atoms with E-state index in [0.29, 0.717) is 13.1 Å². The zero-order chi connectivity index (χ0) is 16.3. The summed E-state index contributed by atoms with van der Waals surface area (Å²) in [6.07, 6.45) is 3.15. The van der Waals surface area contributed by atoms with Crippen molar-refractivity contribution in [3.8, 4) is 0 Å². The lowest BCUT2D eigenvalue weighted by molar-refractivity contribution is -0.122. The lowest BCUT2D eigenvalue weighted by atomic mass is 10.3. The third kappa shape index (κ3) is 7.65. The molecule has 2 rings (SSSR count). The van der Waals surface area contributed by atoms with Crippen LogP contribution in [0.2, 0.25) is 0 Å². The normalized spacial score (nSPS) is 19.4. The molecule has 0 radical (unpaired) electrons. The van der Waals surface area contributed by atoms with Crippen molar-refractivity contribution in [1.29, 1.82) is 0 Å². The molecule has 1 aliphatic carbocycles. The fourth-order valence-electron chi connectivity index (χ4n) is 2.51. The first-order valence-electron chi connectivity index (χ1n) is 8.89. The number of carbonyl (C=O) groups excluding carboxylic acids is 1. The molecule has 7 nitrogen and oxygen atoms in total. The summed E-state index contributed by atoms with van der Waals surface area (Å²) < 4.78 is 5.35. The zero-order valence-corrected chi connectivity index (χ0v) is 14.3. The minimum atomic E-state index is 0.194. The van der Waals surface area contributed by atoms with Crippen LogP contribution >= 0.6 is 0 Å². The average molecular weight is 325 g/mol. The number of carbonyl (C=O) groups is 1. The molecule has 1 aliphatic heterocycles. The predicted octanol–water partition coefficient (Wildman–Crippen LogP) is -0.210. The largest absolute Gasteiger partial charge is 0.379 e. The molecule has 1 amide bonds. The Morgan fingerprint density at radius 3 is 2.61 bits per heavy atom. The van der Waals surface area contributed by atoms with Crippen molar-refractivity contribution in [2.75, 3.05) is 59.0 Å². The highest BCUT2D eigenvalue weighted by atomic mass is 16.5. The second-order valence-corrected chi connectivity index (χ2v) is 6.06. The smallest absolute Gasteiger partial charge is 0.223 e. The van der Waals surface area contributed by atoms with Crippen LogP contribution in [0.15, 0.2) is 4.99 Å². The van der Waals surface area contributed by atoms with E-state index in [1.165, 1.54) is 0 Å². The van der Waals surface area contributed by atoms with Gasteiger partial charge in [-0.1, -0.05) is 0 Å². The Labute approximate surface area is 139 Å². The van der Waals surface area contributed by atoms with Gasteiger partial charge in [-0.15, -0.1) is 0 Å². The zero-order valence-electron chi connectivity index (χ0n) is 14.3. The van der Waals surface area contributed by atoms with Gasteiger partial charge in [0, 0.05) is 51.7 Å². The van der Waals surface area contributed by atoms with Gasteiger partial charge in [-0.2, -0.15) is 0 Å². The van der Waals surface area contributed by atoms with Crippen LogP contribution in [0.3, 0.4) is 0 Å². The lowest BCUT2D eigenvalue weighted by Gasteiger charge is -2.26. The molecule has 23 heavy (non-hydrogen) atoms. The summed E-state index contributed by atoms with van der Waals surface area (Å²) in [5.41, 5.74) is 0. The number of rotatable bonds is 9. The van der Waals surface area contributed by atoms with Crippen LogP contribution in [0.4, 0.5) is 0 Å². The van der Waals surface area contributed by atoms with E-state index in [2.05, 4.69) is 32.8 Å². The molecule has 7 heteroatoms. The van der Waals surface area contributed by atoms with Gasteiger partial charge in [-0.05, 0) is 26.2 Å². The van der Waals surface area contributed by atoms with Crippen LogP contribution in [0, 0.1) is 5.92 Å². The molecule has 1 saturated carbocycles. The van der Waals surface area contributed by atoms with Crippen LogP contribution in [0.5, 0.6) is 0 Å². The summed E-state index contributed by atoms with van der Waals surface area (Å²) in [4.78, 5) is 18.5. The Bertz CT molecular complexity index is 379. The van der Waals surface area contributed by atoms with Crippen molar-refractivity contribution in [2.24, 2.45) is 10.9 Å². The molecular formula is C16H31N5O2. The van der Waals surface area contributed by atoms with E-state index in [9.17, 15) is 4.79 Å². The third-order valence-corrected chi connectivity index (χ3v) is 4.02. The predicted molar refractivity (Wildman–Crippen MR) is 91.6 cm³/mol. The summed E-state index contributed by atoms with van der Waals surface area (Å²) in [7, 11) is 0. The van der Waals surface area contributed by atoms with E-state index in [4.69, 9.17) is 4.74 Å². The third-order valence-electron chi connectivity index (χ3n) is 4.02. The summed E-state index contributed by atoms with van der Waals surface area (Å²) in [6.45, 7) is 9.88. The SMILES string of the molecule is CCNC(=NCCCN1CCOCC1)NCCNC(=O)C1CC1. The van der Waals surface area contributed by atoms with Crippen LogP contribution in [-0.2, 0) is 9.53 Å². The maximum absolute atomic E-state index is 11.5. The summed E-state index contributed by atoms with van der Waals surface area (Å²) in [5, 5.41) is 9.45. The Balaban J connectivity index is 1.56. The van der Waals surface area contributed by atoms with Crippen LogP contribution < -0.4 is 16.0 Å². The molecule has 1 saturated heterocycles. The van der Waals surface area contributed by atoms with Crippen LogP contribution in [0.1, 0.15) is 26.2 Å². The van der Waals surface area contributed by atoms with Gasteiger partial charge in [0.1, 0.15) is 0 Å². The Morgan fingerprint density at radius 1 is 1.17 bits per heavy atom. The van der Waals surface area contributed by atoms with Crippen molar-refractivity contribution in [3.63, 3.8) is 0 Å². The quantitative estimate of drug-likeness (QED) is 0.311. The minimum Gasteiger partial charge on any atom is -0.379 e. The Hall–Kier alpha value is -1.34. The first-order valence-corrected chi connectivity index (χ1v) is 8.89. The van der Waals surface area contributed by atoms with Gasteiger partial charge in [-0.3, -0.25) is 14.7 Å². The van der Waals surface area contributed by atoms with E-state index in [-0.39, 0.29) is 11.8 Å². The van der Waals surface area contributed by atoms with Gasteiger partial charge in [0.25, 0.3) is 0 Å². The van der Waals surface area contributed by atoms with Crippen molar-refractivity contribution in [3.05, 3.63) is 0 Å². The van der Waals surface area contributed by atoms with E-state index in [1.807, 2.05) is 0 Å². The number of nitrogens with zero attached hydrogens (tertiary/aromatic N) is 2. The molecule has 0 aromatic rings. The number of aliphatic imine (C=N–C) groups is 1. The minimum absolute atomic E-state index is 0.194. The molecule has 0 atom stereocenters. The number of hydrogen-bond donors (Lipinski definition) is 3. The molecule has 1 heterocycles. The second kappa shape index (κ2) is 10.4. The van der Waals surface area contributed by atoms with E-state index >= 15 is 0 Å². The monoisotopic (exact) mass is 325 g/mol. The summed E-state index contributed by atoms with van der Waals surface area (Å²) >= 11 is 0. The number of nitrogens with one attached hydrogen (secondary N) is 3. The highest BCUT2D eigenvalue weighted by molar-refractivity contribution is 5.81. The first kappa shape index (κ1) is 18.0. The number of hydrogen-bond acceptors (Lipinski definition) is 4. The number of ether oxygens (including phenoxy) is 1. The van der Waals surface area contributed by atoms with E-state index < -0.39 is 0 Å². The van der Waals surface area contributed by atoms with Gasteiger partial charge in [0.05, 0.1) is 13.2 Å². The van der Waals surface area contributed by atoms with Crippen LogP contribution in [0.25, 0.3) is 0 Å². The maximum Gasteiger partial charge on any atom is 0.223 e. The molecule has 0 aromatic carbocycles. The summed E-state index contributed by atoms with van der Waals surface area (Å²) in [5.74, 6) is 1.30. The topological polar surface area (TPSA) is 78.0 Å². The fraction of sp³-hybridized carbons (Fsp3) is 0.875. The van der Waals surface area contributed by atoms with Gasteiger partial charge in [0.15, 0.2) is 5.96 Å². The standard InChI is InChI=1S/C16H31N5O2/c1-2-17-16(20-8-7-18-15(22)14-4-5-14)19-6-3-9-21-10-12-23-13-11-21/h14H,2-13H2,1H3,(H,18,22)(H2,17,19,20). The molecule has 2 aliphatic rings. The average Bonchev–Trinajstić information content (AvgIpc) is 3.41. The fourth-order valence-corrected chi connectivity index (χ4v) is 2.51. The van der Waals surface area contributed by atoms with Crippen molar-refractivity contribution in [1.82, 2.24) is 20.9 Å². The maximum atomic E-state index is 11.5. The number of amides is 1. The number of guanidine groups is 1. The Morgan fingerprint density at radius 2 is 1.91 bits per heavy atom. The highest BCUT2D eigenvalue weighted by Gasteiger charge is 2.28. The van der Waals surface area contributed by atoms with Crippen molar-refractivity contribution >= 4 is 11.9 Å². The highest BCUT2D eigenvalue weighted by Crippen LogP contribution is 2.28. The molecular weight excluding hydrogens is 294 g/mol. The first-order chi connectivity index (χ1) is 11.3. The molecule has 0 spiro atoms. The van der Waals surface area contributed by atoms with Gasteiger partial charge in [-0.25, -0.2) is 0 Å². The van der Waals surface area contributed by atoms with Gasteiger partial charge < -0.3 is 20.7 Å². The lowest BCUT2D eigenvalue weighted by Crippen LogP contribution is -2.42. The van der Waals surface area contributed by atoms with E-state index in [0.717, 1.165) is 71.2 Å². The van der Waals surface area contributed by atoms with Gasteiger partial charge >= 0.3 is 0 Å². The molecule has 0 bridgehead atoms. The number of morpholine rings is 1. The summed E-state index contributed by atoms with van der Waals surface area (Å²) in [6, 6.07) is 0. The Kier molecular flexibility index (Phi) is 8.17.